The first-order valence-corrected chi connectivity index (χ1v) is 14.4. The second-order valence-corrected chi connectivity index (χ2v) is 13.0. The maximum atomic E-state index is 14.6. The standard InChI is InChI=1S/C30H35FN2O5S/c1-30(2,17-20-13-21-7-4-5-8-22(21)14-20)32-18-25(34)19-33(3)39(37,38)26-10-6-9-23(15-26)27-12-11-24(29(35)36)16-28(27)31/h4-12,15-16,20,25,32,34H,13-14,17-19H2,1-3H3,(H,35,36)/t25-/m1/s1. The van der Waals surface area contributed by atoms with Crippen molar-refractivity contribution in [2.24, 2.45) is 5.92 Å². The summed E-state index contributed by atoms with van der Waals surface area (Å²) >= 11 is 0. The SMILES string of the molecule is CN(C[C@H](O)CNC(C)(C)CC1Cc2ccccc2C1)S(=O)(=O)c1cccc(-c2ccc(C(=O)O)cc2F)c1. The number of sulfonamides is 1. The Bertz CT molecular complexity index is 1430. The molecule has 0 bridgehead atoms. The van der Waals surface area contributed by atoms with Gasteiger partial charge in [0.25, 0.3) is 0 Å². The molecule has 3 aromatic rings. The maximum absolute atomic E-state index is 14.6. The van der Waals surface area contributed by atoms with Crippen LogP contribution in [0.15, 0.2) is 71.6 Å². The van der Waals surface area contributed by atoms with Crippen molar-refractivity contribution in [2.45, 2.75) is 49.6 Å². The zero-order chi connectivity index (χ0) is 28.4. The first-order valence-electron chi connectivity index (χ1n) is 13.0. The van der Waals surface area contributed by atoms with Gasteiger partial charge in [0.05, 0.1) is 16.6 Å². The summed E-state index contributed by atoms with van der Waals surface area (Å²) in [4.78, 5) is 11.0. The lowest BCUT2D eigenvalue weighted by Gasteiger charge is -2.31. The Morgan fingerprint density at radius 2 is 1.74 bits per heavy atom. The lowest BCUT2D eigenvalue weighted by atomic mass is 9.88. The van der Waals surface area contributed by atoms with E-state index in [-0.39, 0.29) is 34.7 Å². The van der Waals surface area contributed by atoms with Crippen molar-refractivity contribution < 1.29 is 27.8 Å². The second kappa shape index (κ2) is 11.6. The van der Waals surface area contributed by atoms with Gasteiger partial charge in [-0.1, -0.05) is 42.5 Å². The van der Waals surface area contributed by atoms with Crippen LogP contribution >= 0.6 is 0 Å². The van der Waals surface area contributed by atoms with Crippen LogP contribution in [0.5, 0.6) is 0 Å². The minimum Gasteiger partial charge on any atom is -0.478 e. The lowest BCUT2D eigenvalue weighted by molar-refractivity contribution is 0.0696. The molecule has 1 atom stereocenters. The van der Waals surface area contributed by atoms with E-state index >= 15 is 0 Å². The number of carboxylic acid groups (broad SMARTS) is 1. The molecule has 0 fully saturated rings. The summed E-state index contributed by atoms with van der Waals surface area (Å²) in [5, 5.41) is 23.1. The van der Waals surface area contributed by atoms with Crippen molar-refractivity contribution in [1.29, 1.82) is 0 Å². The van der Waals surface area contributed by atoms with E-state index in [1.807, 2.05) is 0 Å². The fourth-order valence-electron chi connectivity index (χ4n) is 5.33. The van der Waals surface area contributed by atoms with Crippen LogP contribution in [0.2, 0.25) is 0 Å². The molecule has 0 aromatic heterocycles. The number of aromatic carboxylic acids is 1. The van der Waals surface area contributed by atoms with Crippen molar-refractivity contribution in [1.82, 2.24) is 9.62 Å². The zero-order valence-corrected chi connectivity index (χ0v) is 23.2. The molecule has 1 aliphatic rings. The molecule has 1 aliphatic carbocycles. The van der Waals surface area contributed by atoms with E-state index in [0.717, 1.165) is 29.6 Å². The largest absolute Gasteiger partial charge is 0.478 e. The second-order valence-electron chi connectivity index (χ2n) is 11.0. The molecule has 0 radical (unpaired) electrons. The van der Waals surface area contributed by atoms with Crippen LogP contribution in [0, 0.1) is 11.7 Å². The van der Waals surface area contributed by atoms with Crippen LogP contribution < -0.4 is 5.32 Å². The van der Waals surface area contributed by atoms with Crippen LogP contribution in [-0.4, -0.2) is 60.7 Å². The van der Waals surface area contributed by atoms with Gasteiger partial charge in [-0.2, -0.15) is 4.31 Å². The Morgan fingerprint density at radius 3 is 2.36 bits per heavy atom. The van der Waals surface area contributed by atoms with E-state index in [1.165, 1.54) is 48.5 Å². The highest BCUT2D eigenvalue weighted by Crippen LogP contribution is 2.32. The number of aliphatic hydroxyl groups is 1. The zero-order valence-electron chi connectivity index (χ0n) is 22.4. The Balaban J connectivity index is 1.36. The number of rotatable bonds is 11. The number of halogens is 1. The van der Waals surface area contributed by atoms with Crippen molar-refractivity contribution in [2.75, 3.05) is 20.1 Å². The van der Waals surface area contributed by atoms with Gasteiger partial charge in [0.2, 0.25) is 10.0 Å². The summed E-state index contributed by atoms with van der Waals surface area (Å²) in [6, 6.07) is 17.8. The van der Waals surface area contributed by atoms with E-state index in [2.05, 4.69) is 43.4 Å². The van der Waals surface area contributed by atoms with Crippen molar-refractivity contribution in [3.05, 3.63) is 89.2 Å². The molecule has 0 aliphatic heterocycles. The summed E-state index contributed by atoms with van der Waals surface area (Å²) in [6.45, 7) is 4.30. The Morgan fingerprint density at radius 1 is 1.08 bits per heavy atom. The van der Waals surface area contributed by atoms with Gasteiger partial charge in [-0.3, -0.25) is 0 Å². The minimum atomic E-state index is -3.97. The summed E-state index contributed by atoms with van der Waals surface area (Å²) in [5.74, 6) is -1.50. The van der Waals surface area contributed by atoms with Gasteiger partial charge in [0.1, 0.15) is 5.82 Å². The normalized spacial score (nSPS) is 14.9. The number of carboxylic acids is 1. The first kappa shape index (κ1) is 28.9. The number of nitrogens with zero attached hydrogens (tertiary/aromatic N) is 1. The van der Waals surface area contributed by atoms with Gasteiger partial charge < -0.3 is 15.5 Å². The lowest BCUT2D eigenvalue weighted by Crippen LogP contribution is -2.47. The highest BCUT2D eigenvalue weighted by Gasteiger charge is 2.29. The molecule has 0 spiro atoms. The van der Waals surface area contributed by atoms with Gasteiger partial charge in [-0.05, 0) is 80.0 Å². The third kappa shape index (κ3) is 6.91. The topological polar surface area (TPSA) is 107 Å². The van der Waals surface area contributed by atoms with Crippen LogP contribution in [0.1, 0.15) is 41.8 Å². The number of benzene rings is 3. The summed E-state index contributed by atoms with van der Waals surface area (Å²) < 4.78 is 42.1. The number of likely N-dealkylation sites (N-methyl/N-ethyl adjacent to an activating group) is 1. The van der Waals surface area contributed by atoms with Crippen LogP contribution in [0.4, 0.5) is 4.39 Å². The maximum Gasteiger partial charge on any atom is 0.335 e. The smallest absolute Gasteiger partial charge is 0.335 e. The molecular formula is C30H35FN2O5S. The number of hydrogen-bond donors (Lipinski definition) is 3. The predicted molar refractivity (Wildman–Crippen MR) is 149 cm³/mol. The Kier molecular flexibility index (Phi) is 8.56. The quantitative estimate of drug-likeness (QED) is 0.326. The molecule has 0 unspecified atom stereocenters. The van der Waals surface area contributed by atoms with Crippen molar-refractivity contribution >= 4 is 16.0 Å². The third-order valence-electron chi connectivity index (χ3n) is 7.29. The average Bonchev–Trinajstić information content (AvgIpc) is 3.29. The van der Waals surface area contributed by atoms with Gasteiger partial charge in [-0.15, -0.1) is 0 Å². The molecule has 3 N–H and O–H groups in total. The number of carbonyl (C=O) groups is 1. The van der Waals surface area contributed by atoms with E-state index in [1.54, 1.807) is 6.07 Å². The molecule has 0 heterocycles. The Labute approximate surface area is 229 Å². The molecule has 208 valence electrons. The van der Waals surface area contributed by atoms with Crippen LogP contribution in [-0.2, 0) is 22.9 Å². The highest BCUT2D eigenvalue weighted by molar-refractivity contribution is 7.89. The van der Waals surface area contributed by atoms with E-state index in [9.17, 15) is 22.7 Å². The monoisotopic (exact) mass is 554 g/mol. The van der Waals surface area contributed by atoms with Crippen LogP contribution in [0.3, 0.4) is 0 Å². The number of nitrogens with one attached hydrogen (secondary N) is 1. The first-order chi connectivity index (χ1) is 18.4. The molecular weight excluding hydrogens is 519 g/mol. The summed E-state index contributed by atoms with van der Waals surface area (Å²) in [7, 11) is -2.58. The average molecular weight is 555 g/mol. The molecule has 0 saturated heterocycles. The molecule has 9 heteroatoms. The molecule has 0 saturated carbocycles. The molecule has 3 aromatic carbocycles. The van der Waals surface area contributed by atoms with Crippen molar-refractivity contribution in [3.63, 3.8) is 0 Å². The molecule has 0 amide bonds. The van der Waals surface area contributed by atoms with E-state index < -0.39 is 27.9 Å². The summed E-state index contributed by atoms with van der Waals surface area (Å²) in [5.41, 5.74) is 2.76. The van der Waals surface area contributed by atoms with Gasteiger partial charge in [0.15, 0.2) is 0 Å². The number of β-amino-alcohol motifs (C(OH)–C–C–N with tert-alkyl or cyclic N) is 1. The highest BCUT2D eigenvalue weighted by atomic mass is 32.2. The number of aliphatic hydroxyl groups excluding tert-OH is 1. The predicted octanol–water partition coefficient (Wildman–Crippen LogP) is 4.35. The molecule has 4 rings (SSSR count). The fourth-order valence-corrected chi connectivity index (χ4v) is 6.58. The molecule has 39 heavy (non-hydrogen) atoms. The molecule has 7 nitrogen and oxygen atoms in total. The minimum absolute atomic E-state index is 0.0505. The Hall–Kier alpha value is -3.11. The van der Waals surface area contributed by atoms with Gasteiger partial charge >= 0.3 is 5.97 Å². The fraction of sp³-hybridized carbons (Fsp3) is 0.367. The van der Waals surface area contributed by atoms with E-state index in [0.29, 0.717) is 11.5 Å². The number of hydrogen-bond acceptors (Lipinski definition) is 5. The number of fused-ring (bicyclic) bond motifs is 1. The van der Waals surface area contributed by atoms with Crippen molar-refractivity contribution in [3.8, 4) is 11.1 Å². The van der Waals surface area contributed by atoms with Gasteiger partial charge in [-0.25, -0.2) is 17.6 Å². The van der Waals surface area contributed by atoms with E-state index in [4.69, 9.17) is 5.11 Å². The third-order valence-corrected chi connectivity index (χ3v) is 9.11. The van der Waals surface area contributed by atoms with Gasteiger partial charge in [0, 0.05) is 31.2 Å². The summed E-state index contributed by atoms with van der Waals surface area (Å²) in [6.07, 6.45) is 2.07. The van der Waals surface area contributed by atoms with Crippen LogP contribution in [0.25, 0.3) is 11.1 Å².